The first-order valence-corrected chi connectivity index (χ1v) is 8.92. The predicted molar refractivity (Wildman–Crippen MR) is 105 cm³/mol. The maximum absolute atomic E-state index is 11.6. The second-order valence-electron chi connectivity index (χ2n) is 6.05. The highest BCUT2D eigenvalue weighted by molar-refractivity contribution is 5.81. The highest BCUT2D eigenvalue weighted by Crippen LogP contribution is 2.20. The molecule has 0 aliphatic carbocycles. The molecule has 1 rings (SSSR count). The molecule has 1 amide bonds. The Morgan fingerprint density at radius 1 is 1.23 bits per heavy atom. The van der Waals surface area contributed by atoms with Gasteiger partial charge in [-0.25, -0.2) is 0 Å². The lowest BCUT2D eigenvalue weighted by Gasteiger charge is -2.16. The average Bonchev–Trinajstić information content (AvgIpc) is 2.62. The minimum atomic E-state index is 0.0801. The van der Waals surface area contributed by atoms with Gasteiger partial charge in [-0.15, -0.1) is 0 Å². The van der Waals surface area contributed by atoms with Crippen molar-refractivity contribution in [2.45, 2.75) is 26.8 Å². The standard InChI is InChI=1S/C19H32N4O3/c1-6-25-11-12-26-17-13-15(2)7-8-16(17)14-22-19(20-3)21-10-9-18(24)23(4)5/h7-8,13H,6,9-12,14H2,1-5H3,(H2,20,21,22). The van der Waals surface area contributed by atoms with Crippen LogP contribution in [0.2, 0.25) is 0 Å². The monoisotopic (exact) mass is 364 g/mol. The van der Waals surface area contributed by atoms with Crippen molar-refractivity contribution < 1.29 is 14.3 Å². The van der Waals surface area contributed by atoms with Gasteiger partial charge in [0.05, 0.1) is 6.61 Å². The number of rotatable bonds is 10. The number of ether oxygens (including phenoxy) is 2. The van der Waals surface area contributed by atoms with E-state index < -0.39 is 0 Å². The number of nitrogens with zero attached hydrogens (tertiary/aromatic N) is 2. The van der Waals surface area contributed by atoms with Crippen molar-refractivity contribution in [2.24, 2.45) is 4.99 Å². The average molecular weight is 364 g/mol. The second-order valence-corrected chi connectivity index (χ2v) is 6.05. The van der Waals surface area contributed by atoms with Gasteiger partial charge in [0.15, 0.2) is 5.96 Å². The van der Waals surface area contributed by atoms with E-state index in [1.165, 1.54) is 0 Å². The number of aliphatic imine (C=N–C) groups is 1. The quantitative estimate of drug-likeness (QED) is 0.374. The fraction of sp³-hybridized carbons (Fsp3) is 0.579. The van der Waals surface area contributed by atoms with Gasteiger partial charge in [-0.05, 0) is 25.5 Å². The number of carbonyl (C=O) groups excluding carboxylic acids is 1. The summed E-state index contributed by atoms with van der Waals surface area (Å²) in [5, 5.41) is 6.40. The number of amides is 1. The molecule has 7 nitrogen and oxygen atoms in total. The molecule has 1 aromatic rings. The zero-order valence-electron chi connectivity index (χ0n) is 16.6. The van der Waals surface area contributed by atoms with Gasteiger partial charge < -0.3 is 25.0 Å². The van der Waals surface area contributed by atoms with Crippen LogP contribution >= 0.6 is 0 Å². The summed E-state index contributed by atoms with van der Waals surface area (Å²) in [5.74, 6) is 1.57. The first kappa shape index (κ1) is 21.8. The third kappa shape index (κ3) is 8.20. The van der Waals surface area contributed by atoms with Gasteiger partial charge in [-0.1, -0.05) is 12.1 Å². The Balaban J connectivity index is 2.54. The number of nitrogens with one attached hydrogen (secondary N) is 2. The SMILES string of the molecule is CCOCCOc1cc(C)ccc1CNC(=NC)NCCC(=O)N(C)C. The summed E-state index contributed by atoms with van der Waals surface area (Å²) in [7, 11) is 5.21. The summed E-state index contributed by atoms with van der Waals surface area (Å²) in [6, 6.07) is 6.12. The Bertz CT molecular complexity index is 588. The lowest BCUT2D eigenvalue weighted by Crippen LogP contribution is -2.38. The number of hydrogen-bond acceptors (Lipinski definition) is 4. The van der Waals surface area contributed by atoms with Gasteiger partial charge in [0.2, 0.25) is 5.91 Å². The lowest BCUT2D eigenvalue weighted by molar-refractivity contribution is -0.128. The Morgan fingerprint density at radius 3 is 2.65 bits per heavy atom. The summed E-state index contributed by atoms with van der Waals surface area (Å²) < 4.78 is 11.2. The molecule has 2 N–H and O–H groups in total. The summed E-state index contributed by atoms with van der Waals surface area (Å²) in [6.07, 6.45) is 0.421. The van der Waals surface area contributed by atoms with Crippen LogP contribution in [-0.2, 0) is 16.1 Å². The Hall–Kier alpha value is -2.28. The highest BCUT2D eigenvalue weighted by atomic mass is 16.5. The number of hydrogen-bond donors (Lipinski definition) is 2. The molecule has 0 spiro atoms. The smallest absolute Gasteiger partial charge is 0.223 e. The minimum absolute atomic E-state index is 0.0801. The molecule has 0 fully saturated rings. The molecule has 0 radical (unpaired) electrons. The number of benzene rings is 1. The van der Waals surface area contributed by atoms with Crippen LogP contribution in [0.4, 0.5) is 0 Å². The summed E-state index contributed by atoms with van der Waals surface area (Å²) >= 11 is 0. The Kier molecular flexibility index (Phi) is 10.2. The predicted octanol–water partition coefficient (Wildman–Crippen LogP) is 1.55. The molecule has 1 aromatic carbocycles. The first-order valence-electron chi connectivity index (χ1n) is 8.92. The van der Waals surface area contributed by atoms with Gasteiger partial charge in [-0.3, -0.25) is 9.79 Å². The zero-order chi connectivity index (χ0) is 19.4. The zero-order valence-corrected chi connectivity index (χ0v) is 16.6. The van der Waals surface area contributed by atoms with Crippen LogP contribution in [-0.4, -0.2) is 64.3 Å². The topological polar surface area (TPSA) is 75.2 Å². The Labute approximate surface area is 156 Å². The van der Waals surface area contributed by atoms with Crippen molar-refractivity contribution in [2.75, 3.05) is 47.5 Å². The molecular formula is C19H32N4O3. The van der Waals surface area contributed by atoms with Gasteiger partial charge in [0.1, 0.15) is 12.4 Å². The summed E-state index contributed by atoms with van der Waals surface area (Å²) in [5.41, 5.74) is 2.18. The lowest BCUT2D eigenvalue weighted by atomic mass is 10.1. The van der Waals surface area contributed by atoms with Gasteiger partial charge in [0.25, 0.3) is 0 Å². The van der Waals surface area contributed by atoms with E-state index in [1.54, 1.807) is 26.0 Å². The molecule has 0 heterocycles. The Morgan fingerprint density at radius 2 is 2.00 bits per heavy atom. The molecule has 0 aliphatic heterocycles. The van der Waals surface area contributed by atoms with E-state index in [4.69, 9.17) is 9.47 Å². The second kappa shape index (κ2) is 12.1. The number of carbonyl (C=O) groups is 1. The van der Waals surface area contributed by atoms with Gasteiger partial charge in [-0.2, -0.15) is 0 Å². The van der Waals surface area contributed by atoms with E-state index in [0.717, 1.165) is 16.9 Å². The van der Waals surface area contributed by atoms with Crippen LogP contribution in [0.15, 0.2) is 23.2 Å². The fourth-order valence-electron chi connectivity index (χ4n) is 2.21. The van der Waals surface area contributed by atoms with Crippen molar-refractivity contribution in [1.29, 1.82) is 0 Å². The molecular weight excluding hydrogens is 332 g/mol. The molecule has 0 saturated carbocycles. The van der Waals surface area contributed by atoms with Crippen molar-refractivity contribution >= 4 is 11.9 Å². The van der Waals surface area contributed by atoms with E-state index in [9.17, 15) is 4.79 Å². The van der Waals surface area contributed by atoms with E-state index in [-0.39, 0.29) is 5.91 Å². The summed E-state index contributed by atoms with van der Waals surface area (Å²) in [4.78, 5) is 17.4. The van der Waals surface area contributed by atoms with Crippen molar-refractivity contribution in [1.82, 2.24) is 15.5 Å². The van der Waals surface area contributed by atoms with E-state index in [0.29, 0.717) is 45.3 Å². The molecule has 0 bridgehead atoms. The van der Waals surface area contributed by atoms with Crippen LogP contribution in [0.25, 0.3) is 0 Å². The van der Waals surface area contributed by atoms with Crippen LogP contribution in [0.5, 0.6) is 5.75 Å². The highest BCUT2D eigenvalue weighted by Gasteiger charge is 2.07. The van der Waals surface area contributed by atoms with Crippen LogP contribution < -0.4 is 15.4 Å². The molecule has 0 aromatic heterocycles. The van der Waals surface area contributed by atoms with Crippen LogP contribution in [0.3, 0.4) is 0 Å². The molecule has 0 unspecified atom stereocenters. The third-order valence-corrected chi connectivity index (χ3v) is 3.71. The normalized spacial score (nSPS) is 11.2. The fourth-order valence-corrected chi connectivity index (χ4v) is 2.21. The first-order chi connectivity index (χ1) is 12.5. The van der Waals surface area contributed by atoms with E-state index in [2.05, 4.69) is 21.7 Å². The summed E-state index contributed by atoms with van der Waals surface area (Å²) in [6.45, 7) is 6.88. The molecule has 0 aliphatic rings. The van der Waals surface area contributed by atoms with Crippen molar-refractivity contribution in [3.05, 3.63) is 29.3 Å². The molecule has 146 valence electrons. The molecule has 0 saturated heterocycles. The number of aryl methyl sites for hydroxylation is 1. The number of guanidine groups is 1. The molecule has 0 atom stereocenters. The third-order valence-electron chi connectivity index (χ3n) is 3.71. The molecule has 26 heavy (non-hydrogen) atoms. The molecule has 7 heteroatoms. The van der Waals surface area contributed by atoms with Crippen LogP contribution in [0, 0.1) is 6.92 Å². The largest absolute Gasteiger partial charge is 0.491 e. The van der Waals surface area contributed by atoms with Gasteiger partial charge in [0, 0.05) is 52.8 Å². The maximum Gasteiger partial charge on any atom is 0.223 e. The van der Waals surface area contributed by atoms with Crippen molar-refractivity contribution in [3.8, 4) is 5.75 Å². The van der Waals surface area contributed by atoms with Gasteiger partial charge >= 0.3 is 0 Å². The minimum Gasteiger partial charge on any atom is -0.491 e. The van der Waals surface area contributed by atoms with E-state index in [1.807, 2.05) is 26.0 Å². The maximum atomic E-state index is 11.6. The van der Waals surface area contributed by atoms with Crippen LogP contribution in [0.1, 0.15) is 24.5 Å². The van der Waals surface area contributed by atoms with E-state index >= 15 is 0 Å². The van der Waals surface area contributed by atoms with Crippen molar-refractivity contribution in [3.63, 3.8) is 0 Å².